The highest BCUT2D eigenvalue weighted by atomic mass is 16.5. The van der Waals surface area contributed by atoms with Gasteiger partial charge in [0, 0.05) is 30.0 Å². The zero-order valence-corrected chi connectivity index (χ0v) is 19.6. The third kappa shape index (κ3) is 6.71. The van der Waals surface area contributed by atoms with Crippen LogP contribution in [-0.2, 0) is 9.53 Å². The second-order valence-corrected chi connectivity index (χ2v) is 7.96. The number of nitrogens with zero attached hydrogens (tertiary/aromatic N) is 1. The lowest BCUT2D eigenvalue weighted by Gasteiger charge is -2.28. The summed E-state index contributed by atoms with van der Waals surface area (Å²) in [5.41, 5.74) is 3.19. The van der Waals surface area contributed by atoms with Gasteiger partial charge < -0.3 is 24.4 Å². The molecule has 0 saturated carbocycles. The van der Waals surface area contributed by atoms with Crippen molar-refractivity contribution in [1.29, 1.82) is 0 Å². The minimum atomic E-state index is -0.271. The highest BCUT2D eigenvalue weighted by molar-refractivity contribution is 6.07. The summed E-state index contributed by atoms with van der Waals surface area (Å²) in [6.07, 6.45) is 3.26. The standard InChI is InChI=1S/C28H28N2O5/c1-33-27-19-21(8-14-26(27)35-20-28(32)29-23-5-3-2-4-6-23)7-13-25(31)22-9-11-24(12-10-22)30-15-17-34-18-16-30/h2-14,19H,15-18,20H2,1H3,(H,29,32)/b13-7+. The van der Waals surface area contributed by atoms with E-state index in [4.69, 9.17) is 14.2 Å². The maximum absolute atomic E-state index is 12.6. The summed E-state index contributed by atoms with van der Waals surface area (Å²) in [5.74, 6) is 0.558. The van der Waals surface area contributed by atoms with E-state index in [0.717, 1.165) is 37.6 Å². The molecule has 7 heteroatoms. The molecule has 0 radical (unpaired) electrons. The molecule has 35 heavy (non-hydrogen) atoms. The first kappa shape index (κ1) is 24.0. The number of methoxy groups -OCH3 is 1. The molecule has 180 valence electrons. The van der Waals surface area contributed by atoms with Crippen LogP contribution in [0, 0.1) is 0 Å². The smallest absolute Gasteiger partial charge is 0.262 e. The number of nitrogens with one attached hydrogen (secondary N) is 1. The average molecular weight is 473 g/mol. The summed E-state index contributed by atoms with van der Waals surface area (Å²) in [7, 11) is 1.53. The molecule has 0 aliphatic carbocycles. The van der Waals surface area contributed by atoms with Crippen LogP contribution in [0.2, 0.25) is 0 Å². The number of benzene rings is 3. The molecule has 0 unspecified atom stereocenters. The van der Waals surface area contributed by atoms with Gasteiger partial charge in [-0.2, -0.15) is 0 Å². The van der Waals surface area contributed by atoms with E-state index in [0.29, 0.717) is 22.7 Å². The second-order valence-electron chi connectivity index (χ2n) is 7.96. The first-order valence-electron chi connectivity index (χ1n) is 11.4. The number of ketones is 1. The van der Waals surface area contributed by atoms with Crippen LogP contribution >= 0.6 is 0 Å². The van der Waals surface area contributed by atoms with E-state index in [1.54, 1.807) is 36.4 Å². The molecule has 0 atom stereocenters. The fourth-order valence-corrected chi connectivity index (χ4v) is 3.70. The quantitative estimate of drug-likeness (QED) is 0.366. The minimum absolute atomic E-state index is 0.0876. The number of carbonyl (C=O) groups is 2. The Morgan fingerprint density at radius 3 is 2.43 bits per heavy atom. The molecule has 3 aromatic carbocycles. The molecule has 7 nitrogen and oxygen atoms in total. The lowest BCUT2D eigenvalue weighted by Crippen LogP contribution is -2.36. The van der Waals surface area contributed by atoms with Crippen molar-refractivity contribution in [3.8, 4) is 11.5 Å². The largest absolute Gasteiger partial charge is 0.493 e. The molecule has 1 amide bonds. The Morgan fingerprint density at radius 2 is 1.71 bits per heavy atom. The van der Waals surface area contributed by atoms with Gasteiger partial charge >= 0.3 is 0 Å². The summed E-state index contributed by atoms with van der Waals surface area (Å²) in [4.78, 5) is 27.0. The molecular formula is C28H28N2O5. The maximum atomic E-state index is 12.6. The van der Waals surface area contributed by atoms with Gasteiger partial charge in [0.15, 0.2) is 23.9 Å². The molecule has 1 heterocycles. The number of rotatable bonds is 9. The van der Waals surface area contributed by atoms with Crippen LogP contribution in [0.5, 0.6) is 11.5 Å². The fourth-order valence-electron chi connectivity index (χ4n) is 3.70. The zero-order chi connectivity index (χ0) is 24.5. The third-order valence-corrected chi connectivity index (χ3v) is 5.56. The monoisotopic (exact) mass is 472 g/mol. The lowest BCUT2D eigenvalue weighted by atomic mass is 10.1. The summed E-state index contributed by atoms with van der Waals surface area (Å²) in [5, 5.41) is 2.77. The highest BCUT2D eigenvalue weighted by Gasteiger charge is 2.12. The van der Waals surface area contributed by atoms with E-state index >= 15 is 0 Å². The van der Waals surface area contributed by atoms with Gasteiger partial charge in [-0.05, 0) is 60.2 Å². The number of anilines is 2. The van der Waals surface area contributed by atoms with Gasteiger partial charge in [0.05, 0.1) is 20.3 Å². The van der Waals surface area contributed by atoms with Gasteiger partial charge in [-0.1, -0.05) is 30.3 Å². The molecule has 0 spiro atoms. The molecule has 1 fully saturated rings. The molecule has 1 saturated heterocycles. The van der Waals surface area contributed by atoms with E-state index in [1.165, 1.54) is 13.2 Å². The van der Waals surface area contributed by atoms with Crippen LogP contribution < -0.4 is 19.7 Å². The predicted molar refractivity (Wildman–Crippen MR) is 136 cm³/mol. The number of hydrogen-bond donors (Lipinski definition) is 1. The highest BCUT2D eigenvalue weighted by Crippen LogP contribution is 2.28. The number of amides is 1. The van der Waals surface area contributed by atoms with Gasteiger partial charge in [-0.3, -0.25) is 9.59 Å². The summed E-state index contributed by atoms with van der Waals surface area (Å²) >= 11 is 0. The Kier molecular flexibility index (Phi) is 8.14. The van der Waals surface area contributed by atoms with Crippen LogP contribution in [-0.4, -0.2) is 51.7 Å². The molecule has 0 bridgehead atoms. The Morgan fingerprint density at radius 1 is 0.971 bits per heavy atom. The maximum Gasteiger partial charge on any atom is 0.262 e. The van der Waals surface area contributed by atoms with Crippen molar-refractivity contribution in [2.75, 3.05) is 50.2 Å². The van der Waals surface area contributed by atoms with Gasteiger partial charge in [0.1, 0.15) is 0 Å². The topological polar surface area (TPSA) is 77.1 Å². The van der Waals surface area contributed by atoms with Crippen LogP contribution in [0.1, 0.15) is 15.9 Å². The number of hydrogen-bond acceptors (Lipinski definition) is 6. The Labute approximate surface area is 204 Å². The normalized spacial score (nSPS) is 13.5. The molecule has 1 aliphatic heterocycles. The number of ether oxygens (including phenoxy) is 3. The van der Waals surface area contributed by atoms with Gasteiger partial charge in [0.25, 0.3) is 5.91 Å². The molecule has 1 aliphatic rings. The summed E-state index contributed by atoms with van der Waals surface area (Å²) in [6.45, 7) is 2.99. The van der Waals surface area contributed by atoms with Crippen LogP contribution in [0.4, 0.5) is 11.4 Å². The van der Waals surface area contributed by atoms with Crippen molar-refractivity contribution < 1.29 is 23.8 Å². The number of morpholine rings is 1. The Balaban J connectivity index is 1.34. The molecule has 4 rings (SSSR count). The first-order chi connectivity index (χ1) is 17.1. The van der Waals surface area contributed by atoms with Crippen molar-refractivity contribution in [3.63, 3.8) is 0 Å². The average Bonchev–Trinajstić information content (AvgIpc) is 2.92. The van der Waals surface area contributed by atoms with Crippen molar-refractivity contribution in [2.24, 2.45) is 0 Å². The first-order valence-corrected chi connectivity index (χ1v) is 11.4. The van der Waals surface area contributed by atoms with Crippen molar-refractivity contribution >= 4 is 29.1 Å². The molecular weight excluding hydrogens is 444 g/mol. The van der Waals surface area contributed by atoms with Gasteiger partial charge in [-0.15, -0.1) is 0 Å². The van der Waals surface area contributed by atoms with E-state index in [9.17, 15) is 9.59 Å². The third-order valence-electron chi connectivity index (χ3n) is 5.56. The van der Waals surface area contributed by atoms with E-state index in [2.05, 4.69) is 10.2 Å². The molecule has 3 aromatic rings. The van der Waals surface area contributed by atoms with E-state index in [1.807, 2.05) is 42.5 Å². The predicted octanol–water partition coefficient (Wildman–Crippen LogP) is 4.45. The van der Waals surface area contributed by atoms with Gasteiger partial charge in [-0.25, -0.2) is 0 Å². The number of carbonyl (C=O) groups excluding carboxylic acids is 2. The minimum Gasteiger partial charge on any atom is -0.493 e. The van der Waals surface area contributed by atoms with Crippen molar-refractivity contribution in [3.05, 3.63) is 90.0 Å². The Bertz CT molecular complexity index is 1170. The van der Waals surface area contributed by atoms with Crippen molar-refractivity contribution in [1.82, 2.24) is 0 Å². The SMILES string of the molecule is COc1cc(/C=C/C(=O)c2ccc(N3CCOCC3)cc2)ccc1OCC(=O)Nc1ccccc1. The summed E-state index contributed by atoms with van der Waals surface area (Å²) in [6, 6.07) is 22.1. The number of allylic oxidation sites excluding steroid dienone is 1. The van der Waals surface area contributed by atoms with Crippen LogP contribution in [0.15, 0.2) is 78.9 Å². The van der Waals surface area contributed by atoms with E-state index in [-0.39, 0.29) is 18.3 Å². The lowest BCUT2D eigenvalue weighted by molar-refractivity contribution is -0.118. The zero-order valence-electron chi connectivity index (χ0n) is 19.6. The van der Waals surface area contributed by atoms with Gasteiger partial charge in [0.2, 0.25) is 0 Å². The summed E-state index contributed by atoms with van der Waals surface area (Å²) < 4.78 is 16.4. The molecule has 1 N–H and O–H groups in total. The second kappa shape index (κ2) is 11.9. The van der Waals surface area contributed by atoms with Crippen LogP contribution in [0.25, 0.3) is 6.08 Å². The number of para-hydroxylation sites is 1. The Hall–Kier alpha value is -4.10. The van der Waals surface area contributed by atoms with Crippen LogP contribution in [0.3, 0.4) is 0 Å². The van der Waals surface area contributed by atoms with Crippen molar-refractivity contribution in [2.45, 2.75) is 0 Å². The fraction of sp³-hybridized carbons (Fsp3) is 0.214. The van der Waals surface area contributed by atoms with E-state index < -0.39 is 0 Å². The molecule has 0 aromatic heterocycles.